The number of carbonyl (C=O) groups excluding carboxylic acids is 1. The normalized spacial score (nSPS) is 29.1. The molecule has 0 bridgehead atoms. The van der Waals surface area contributed by atoms with Crippen LogP contribution in [0.25, 0.3) is 0 Å². The highest BCUT2D eigenvalue weighted by Crippen LogP contribution is 2.23. The van der Waals surface area contributed by atoms with E-state index in [1.165, 1.54) is 0 Å². The van der Waals surface area contributed by atoms with E-state index in [1.54, 1.807) is 25.7 Å². The van der Waals surface area contributed by atoms with Gasteiger partial charge in [0.05, 0.1) is 2.74 Å². The molecule has 1 saturated heterocycles. The van der Waals surface area contributed by atoms with Gasteiger partial charge in [0, 0.05) is 33.0 Å². The van der Waals surface area contributed by atoms with Crippen molar-refractivity contribution in [3.63, 3.8) is 0 Å². The molecule has 0 saturated carbocycles. The van der Waals surface area contributed by atoms with Gasteiger partial charge in [-0.2, -0.15) is 13.2 Å². The molecule has 19 heavy (non-hydrogen) atoms. The van der Waals surface area contributed by atoms with Gasteiger partial charge in [-0.3, -0.25) is 4.90 Å². The second-order valence-corrected chi connectivity index (χ2v) is 5.34. The Morgan fingerprint density at radius 3 is 2.37 bits per heavy atom. The molecule has 0 aromatic rings. The van der Waals surface area contributed by atoms with Gasteiger partial charge >= 0.3 is 12.3 Å². The van der Waals surface area contributed by atoms with Crippen molar-refractivity contribution < 1.29 is 26.8 Å². The molecule has 1 heterocycles. The molecule has 4 nitrogen and oxygen atoms in total. The lowest BCUT2D eigenvalue weighted by Gasteiger charge is -2.42. The van der Waals surface area contributed by atoms with Crippen molar-refractivity contribution in [3.05, 3.63) is 0 Å². The van der Waals surface area contributed by atoms with Gasteiger partial charge in [0.25, 0.3) is 0 Å². The largest absolute Gasteiger partial charge is 0.437 e. The Morgan fingerprint density at radius 1 is 1.32 bits per heavy atom. The maximum Gasteiger partial charge on any atom is 0.425 e. The first-order chi connectivity index (χ1) is 9.69. The quantitative estimate of drug-likeness (QED) is 0.742. The van der Waals surface area contributed by atoms with Crippen molar-refractivity contribution in [3.8, 4) is 0 Å². The maximum atomic E-state index is 12.4. The molecule has 1 aliphatic heterocycles. The van der Waals surface area contributed by atoms with E-state index in [1.807, 2.05) is 0 Å². The highest BCUT2D eigenvalue weighted by Gasteiger charge is 2.40. The monoisotopic (exact) mass is 285 g/mol. The highest BCUT2D eigenvalue weighted by molar-refractivity contribution is 5.68. The standard InChI is InChI=1S/C12H21F3N2O2/c1-9(12(13,14)15)19-10(18)16-5-7-17(8-6-16)11(2,3)4/h9H,5-8H2,1-4H3/i5D2,7D. The van der Waals surface area contributed by atoms with Crippen LogP contribution >= 0.6 is 0 Å². The zero-order valence-electron chi connectivity index (χ0n) is 14.4. The van der Waals surface area contributed by atoms with Crippen LogP contribution in [0.3, 0.4) is 0 Å². The van der Waals surface area contributed by atoms with E-state index in [9.17, 15) is 18.0 Å². The molecule has 0 N–H and O–H groups in total. The second kappa shape index (κ2) is 5.56. The molecule has 7 heteroatoms. The van der Waals surface area contributed by atoms with E-state index in [0.717, 1.165) is 0 Å². The third-order valence-electron chi connectivity index (χ3n) is 2.75. The van der Waals surface area contributed by atoms with Gasteiger partial charge in [0.2, 0.25) is 0 Å². The summed E-state index contributed by atoms with van der Waals surface area (Å²) in [6.07, 6.45) is -8.45. The lowest BCUT2D eigenvalue weighted by Crippen LogP contribution is -2.55. The Bertz CT molecular complexity index is 427. The molecule has 0 aromatic carbocycles. The van der Waals surface area contributed by atoms with Gasteiger partial charge < -0.3 is 9.64 Å². The number of rotatable bonds is 1. The topological polar surface area (TPSA) is 32.8 Å². The third-order valence-corrected chi connectivity index (χ3v) is 2.75. The van der Waals surface area contributed by atoms with Crippen LogP contribution in [0.5, 0.6) is 0 Å². The predicted molar refractivity (Wildman–Crippen MR) is 64.9 cm³/mol. The average molecular weight is 285 g/mol. The number of amides is 1. The number of alkyl halides is 3. The number of halogens is 3. The Hall–Kier alpha value is -0.980. The van der Waals surface area contributed by atoms with Crippen molar-refractivity contribution in [1.82, 2.24) is 9.80 Å². The molecule has 1 aliphatic rings. The average Bonchev–Trinajstić information content (AvgIpc) is 2.29. The summed E-state index contributed by atoms with van der Waals surface area (Å²) in [7, 11) is 0. The van der Waals surface area contributed by atoms with E-state index < -0.39 is 36.9 Å². The molecule has 112 valence electrons. The molecule has 0 aromatic heterocycles. The molecule has 0 aliphatic carbocycles. The summed E-state index contributed by atoms with van der Waals surface area (Å²) in [6.45, 7) is 2.22. The first-order valence-corrected chi connectivity index (χ1v) is 5.93. The first-order valence-electron chi connectivity index (χ1n) is 7.50. The lowest BCUT2D eigenvalue weighted by atomic mass is 10.1. The smallest absolute Gasteiger partial charge is 0.425 e. The molecular formula is C12H21F3N2O2. The summed E-state index contributed by atoms with van der Waals surface area (Å²) in [4.78, 5) is 13.9. The van der Waals surface area contributed by atoms with Gasteiger partial charge in [0.15, 0.2) is 6.10 Å². The van der Waals surface area contributed by atoms with Crippen LogP contribution in [0.15, 0.2) is 0 Å². The lowest BCUT2D eigenvalue weighted by molar-refractivity contribution is -0.200. The minimum absolute atomic E-state index is 0.150. The number of piperazine rings is 1. The molecule has 2 unspecified atom stereocenters. The van der Waals surface area contributed by atoms with Crippen LogP contribution in [0.4, 0.5) is 18.0 Å². The van der Waals surface area contributed by atoms with Crippen LogP contribution in [0.1, 0.15) is 31.8 Å². The van der Waals surface area contributed by atoms with Crippen LogP contribution < -0.4 is 0 Å². The maximum absolute atomic E-state index is 12.4. The Labute approximate surface area is 115 Å². The predicted octanol–water partition coefficient (Wildman–Crippen LogP) is 2.49. The molecular weight excluding hydrogens is 261 g/mol. The SMILES string of the molecule is [2H]C1N(C(C)(C)C)CCN(C(=O)OC(C)C(F)(F)F)C1([2H])[2H]. The van der Waals surface area contributed by atoms with E-state index in [-0.39, 0.29) is 13.1 Å². The van der Waals surface area contributed by atoms with Gasteiger partial charge in [0.1, 0.15) is 0 Å². The van der Waals surface area contributed by atoms with Crippen molar-refractivity contribution in [2.45, 2.75) is 45.5 Å². The van der Waals surface area contributed by atoms with Gasteiger partial charge in [-0.15, -0.1) is 0 Å². The van der Waals surface area contributed by atoms with Gasteiger partial charge in [-0.1, -0.05) is 0 Å². The third kappa shape index (κ3) is 4.56. The van der Waals surface area contributed by atoms with E-state index >= 15 is 0 Å². The highest BCUT2D eigenvalue weighted by atomic mass is 19.4. The number of carbonyl (C=O) groups is 1. The Morgan fingerprint density at radius 2 is 1.89 bits per heavy atom. The second-order valence-electron chi connectivity index (χ2n) is 5.34. The number of hydrogen-bond acceptors (Lipinski definition) is 3. The van der Waals surface area contributed by atoms with Crippen molar-refractivity contribution >= 4 is 6.09 Å². The molecule has 0 radical (unpaired) electrons. The van der Waals surface area contributed by atoms with Crippen LogP contribution in [0, 0.1) is 0 Å². The van der Waals surface area contributed by atoms with E-state index in [4.69, 9.17) is 4.11 Å². The number of nitrogens with zero attached hydrogens (tertiary/aromatic N) is 2. The van der Waals surface area contributed by atoms with E-state index in [0.29, 0.717) is 11.8 Å². The van der Waals surface area contributed by atoms with Gasteiger partial charge in [-0.05, 0) is 27.7 Å². The zero-order valence-corrected chi connectivity index (χ0v) is 11.4. The first kappa shape index (κ1) is 11.8. The van der Waals surface area contributed by atoms with Gasteiger partial charge in [-0.25, -0.2) is 4.79 Å². The van der Waals surface area contributed by atoms with E-state index in [2.05, 4.69) is 4.74 Å². The fourth-order valence-corrected chi connectivity index (χ4v) is 1.43. The van der Waals surface area contributed by atoms with Crippen molar-refractivity contribution in [1.29, 1.82) is 0 Å². The zero-order chi connectivity index (χ0) is 17.5. The molecule has 1 fully saturated rings. The van der Waals surface area contributed by atoms with Crippen LogP contribution in [-0.2, 0) is 4.74 Å². The summed E-state index contributed by atoms with van der Waals surface area (Å²) in [5, 5.41) is 0. The minimum atomic E-state index is -4.71. The summed E-state index contributed by atoms with van der Waals surface area (Å²) >= 11 is 0. The van der Waals surface area contributed by atoms with Crippen molar-refractivity contribution in [2.24, 2.45) is 0 Å². The summed E-state index contributed by atoms with van der Waals surface area (Å²) in [5.41, 5.74) is -0.505. The molecule has 1 amide bonds. The summed E-state index contributed by atoms with van der Waals surface area (Å²) in [5.74, 6) is 0. The van der Waals surface area contributed by atoms with Crippen molar-refractivity contribution in [2.75, 3.05) is 26.1 Å². The van der Waals surface area contributed by atoms with Crippen LogP contribution in [-0.4, -0.2) is 59.8 Å². The number of ether oxygens (including phenoxy) is 1. The number of hydrogen-bond donors (Lipinski definition) is 0. The molecule has 1 rings (SSSR count). The summed E-state index contributed by atoms with van der Waals surface area (Å²) < 4.78 is 65.4. The minimum Gasteiger partial charge on any atom is -0.437 e. The fraction of sp³-hybridized carbons (Fsp3) is 0.917. The molecule has 2 atom stereocenters. The Kier molecular flexibility index (Phi) is 3.46. The fourth-order valence-electron chi connectivity index (χ4n) is 1.43. The Balaban J connectivity index is 2.88. The van der Waals surface area contributed by atoms with Crippen LogP contribution in [0.2, 0.25) is 0 Å². The molecule has 0 spiro atoms. The summed E-state index contributed by atoms with van der Waals surface area (Å²) in [6, 6.07) is 0.